The average Bonchev–Trinajstić information content (AvgIpc) is 2.99. The van der Waals surface area contributed by atoms with Crippen molar-refractivity contribution in [3.8, 4) is 11.5 Å². The van der Waals surface area contributed by atoms with E-state index >= 15 is 0 Å². The molecular formula is C14H15NO6. The molecule has 0 spiro atoms. The quantitative estimate of drug-likeness (QED) is 0.802. The third kappa shape index (κ3) is 2.42. The zero-order valence-electron chi connectivity index (χ0n) is 12.4. The minimum absolute atomic E-state index is 0.114. The van der Waals surface area contributed by atoms with Crippen LogP contribution in [-0.4, -0.2) is 31.1 Å². The van der Waals surface area contributed by atoms with E-state index in [9.17, 15) is 9.59 Å². The van der Waals surface area contributed by atoms with Gasteiger partial charge in [0.15, 0.2) is 0 Å². The molecule has 0 aromatic carbocycles. The van der Waals surface area contributed by atoms with Gasteiger partial charge in [0.05, 0.1) is 19.8 Å². The van der Waals surface area contributed by atoms with E-state index in [-0.39, 0.29) is 17.3 Å². The van der Waals surface area contributed by atoms with E-state index in [0.29, 0.717) is 17.1 Å². The summed E-state index contributed by atoms with van der Waals surface area (Å²) < 4.78 is 20.1. The number of carbonyl (C=O) groups excluding carboxylic acids is 2. The van der Waals surface area contributed by atoms with Gasteiger partial charge < -0.3 is 18.3 Å². The molecule has 0 unspecified atom stereocenters. The van der Waals surface area contributed by atoms with Crippen molar-refractivity contribution in [2.24, 2.45) is 0 Å². The van der Waals surface area contributed by atoms with Crippen molar-refractivity contribution in [3.05, 3.63) is 28.5 Å². The van der Waals surface area contributed by atoms with E-state index in [1.165, 1.54) is 14.2 Å². The summed E-state index contributed by atoms with van der Waals surface area (Å²) in [6.45, 7) is 5.38. The highest BCUT2D eigenvalue weighted by molar-refractivity contribution is 6.00. The molecule has 112 valence electrons. The smallest absolute Gasteiger partial charge is 0.376 e. The number of carbonyl (C=O) groups is 2. The summed E-state index contributed by atoms with van der Waals surface area (Å²) in [4.78, 5) is 27.4. The molecule has 0 aliphatic carbocycles. The van der Waals surface area contributed by atoms with Gasteiger partial charge in [0.1, 0.15) is 11.5 Å². The van der Waals surface area contributed by atoms with Crippen LogP contribution in [-0.2, 0) is 9.47 Å². The first kappa shape index (κ1) is 14.8. The van der Waals surface area contributed by atoms with Crippen LogP contribution in [0.3, 0.4) is 0 Å². The van der Waals surface area contributed by atoms with Crippen LogP contribution in [0.1, 0.15) is 38.1 Å². The second-order valence-electron chi connectivity index (χ2n) is 4.39. The molecule has 0 aliphatic heterocycles. The summed E-state index contributed by atoms with van der Waals surface area (Å²) in [5, 5.41) is 0. The van der Waals surface area contributed by atoms with E-state index in [2.05, 4.69) is 14.5 Å². The van der Waals surface area contributed by atoms with E-state index < -0.39 is 11.9 Å². The van der Waals surface area contributed by atoms with Gasteiger partial charge in [-0.1, -0.05) is 0 Å². The van der Waals surface area contributed by atoms with Crippen LogP contribution in [0.25, 0.3) is 11.5 Å². The molecule has 2 aromatic rings. The molecule has 0 N–H and O–H groups in total. The Kier molecular flexibility index (Phi) is 3.84. The second kappa shape index (κ2) is 5.43. The minimum atomic E-state index is -0.801. The molecule has 0 fully saturated rings. The molecule has 0 radical (unpaired) electrons. The third-order valence-corrected chi connectivity index (χ3v) is 3.15. The first-order valence-corrected chi connectivity index (χ1v) is 6.15. The number of nitrogens with zero attached hydrogens (tertiary/aromatic N) is 1. The fourth-order valence-electron chi connectivity index (χ4n) is 2.00. The fraction of sp³-hybridized carbons (Fsp3) is 0.357. The topological polar surface area (TPSA) is 91.8 Å². The lowest BCUT2D eigenvalue weighted by atomic mass is 10.1. The molecule has 0 bridgehead atoms. The van der Waals surface area contributed by atoms with E-state index in [0.717, 1.165) is 5.56 Å². The van der Waals surface area contributed by atoms with Gasteiger partial charge in [-0.2, -0.15) is 0 Å². The second-order valence-corrected chi connectivity index (χ2v) is 4.39. The Balaban J connectivity index is 2.64. The maximum Gasteiger partial charge on any atom is 0.376 e. The van der Waals surface area contributed by atoms with E-state index in [1.807, 2.05) is 6.92 Å². The van der Waals surface area contributed by atoms with Crippen LogP contribution < -0.4 is 0 Å². The van der Waals surface area contributed by atoms with Gasteiger partial charge in [-0.15, -0.1) is 0 Å². The monoisotopic (exact) mass is 293 g/mol. The summed E-state index contributed by atoms with van der Waals surface area (Å²) in [6.07, 6.45) is 0. The lowest BCUT2D eigenvalue weighted by Crippen LogP contribution is -2.10. The van der Waals surface area contributed by atoms with Crippen molar-refractivity contribution in [2.75, 3.05) is 14.2 Å². The molecule has 0 amide bonds. The summed E-state index contributed by atoms with van der Waals surface area (Å²) in [7, 11) is 2.38. The van der Waals surface area contributed by atoms with Crippen molar-refractivity contribution in [1.82, 2.24) is 4.98 Å². The normalized spacial score (nSPS) is 10.5. The Bertz CT molecular complexity index is 676. The number of esters is 2. The van der Waals surface area contributed by atoms with Crippen molar-refractivity contribution in [1.29, 1.82) is 0 Å². The number of aromatic nitrogens is 1. The maximum absolute atomic E-state index is 11.7. The Labute approximate surface area is 120 Å². The molecule has 0 aliphatic rings. The zero-order chi connectivity index (χ0) is 15.7. The van der Waals surface area contributed by atoms with Crippen LogP contribution in [0, 0.1) is 20.8 Å². The summed E-state index contributed by atoms with van der Waals surface area (Å²) in [5.41, 5.74) is 1.20. The molecule has 0 saturated carbocycles. The number of ether oxygens (including phenoxy) is 2. The van der Waals surface area contributed by atoms with Gasteiger partial charge in [0.25, 0.3) is 0 Å². The minimum Gasteiger partial charge on any atom is -0.466 e. The molecule has 7 heteroatoms. The van der Waals surface area contributed by atoms with Gasteiger partial charge in [0, 0.05) is 5.56 Å². The highest BCUT2D eigenvalue weighted by atomic mass is 16.5. The van der Waals surface area contributed by atoms with Gasteiger partial charge >= 0.3 is 11.9 Å². The number of hydrogen-bond donors (Lipinski definition) is 0. The number of oxazole rings is 1. The van der Waals surface area contributed by atoms with Crippen LogP contribution in [0.5, 0.6) is 0 Å². The Morgan fingerprint density at radius 2 is 1.57 bits per heavy atom. The van der Waals surface area contributed by atoms with Gasteiger partial charge in [-0.3, -0.25) is 0 Å². The Morgan fingerprint density at radius 3 is 2.05 bits per heavy atom. The summed E-state index contributed by atoms with van der Waals surface area (Å²) in [5.74, 6) is -0.468. The molecular weight excluding hydrogens is 278 g/mol. The number of aryl methyl sites for hydroxylation is 2. The molecule has 0 saturated heterocycles. The van der Waals surface area contributed by atoms with Gasteiger partial charge in [0.2, 0.25) is 17.3 Å². The molecule has 2 rings (SSSR count). The van der Waals surface area contributed by atoms with Crippen LogP contribution in [0.4, 0.5) is 0 Å². The van der Waals surface area contributed by atoms with Crippen LogP contribution >= 0.6 is 0 Å². The maximum atomic E-state index is 11.7. The zero-order valence-corrected chi connectivity index (χ0v) is 12.4. The van der Waals surface area contributed by atoms with Crippen molar-refractivity contribution in [3.63, 3.8) is 0 Å². The summed E-state index contributed by atoms with van der Waals surface area (Å²) >= 11 is 0. The fourth-order valence-corrected chi connectivity index (χ4v) is 2.00. The van der Waals surface area contributed by atoms with Gasteiger partial charge in [-0.25, -0.2) is 14.6 Å². The van der Waals surface area contributed by atoms with Gasteiger partial charge in [-0.05, 0) is 20.8 Å². The highest BCUT2D eigenvalue weighted by Gasteiger charge is 2.29. The SMILES string of the molecule is COC(=O)c1nc(-c2c(C)oc(C)c2C)oc1C(=O)OC. The van der Waals surface area contributed by atoms with Crippen LogP contribution in [0.2, 0.25) is 0 Å². The van der Waals surface area contributed by atoms with Crippen molar-refractivity contribution < 1.29 is 27.9 Å². The van der Waals surface area contributed by atoms with E-state index in [1.54, 1.807) is 13.8 Å². The number of hydrogen-bond acceptors (Lipinski definition) is 7. The average molecular weight is 293 g/mol. The first-order chi connectivity index (χ1) is 9.90. The molecule has 2 aromatic heterocycles. The molecule has 7 nitrogen and oxygen atoms in total. The predicted octanol–water partition coefficient (Wildman–Crippen LogP) is 2.43. The van der Waals surface area contributed by atoms with Crippen LogP contribution in [0.15, 0.2) is 8.83 Å². The van der Waals surface area contributed by atoms with Crippen molar-refractivity contribution >= 4 is 11.9 Å². The Hall–Kier alpha value is -2.57. The summed E-state index contributed by atoms with van der Waals surface area (Å²) in [6, 6.07) is 0. The Morgan fingerprint density at radius 1 is 0.952 bits per heavy atom. The predicted molar refractivity (Wildman–Crippen MR) is 71.1 cm³/mol. The molecule has 0 atom stereocenters. The highest BCUT2D eigenvalue weighted by Crippen LogP contribution is 2.32. The van der Waals surface area contributed by atoms with Crippen molar-refractivity contribution in [2.45, 2.75) is 20.8 Å². The number of methoxy groups -OCH3 is 2. The number of rotatable bonds is 3. The third-order valence-electron chi connectivity index (χ3n) is 3.15. The molecule has 21 heavy (non-hydrogen) atoms. The van der Waals surface area contributed by atoms with E-state index in [4.69, 9.17) is 8.83 Å². The lowest BCUT2D eigenvalue weighted by Gasteiger charge is -1.96. The number of furan rings is 1. The molecule has 2 heterocycles. The first-order valence-electron chi connectivity index (χ1n) is 6.15. The lowest BCUT2D eigenvalue weighted by molar-refractivity contribution is 0.0527. The largest absolute Gasteiger partial charge is 0.466 e. The standard InChI is InChI=1S/C14H15NO6/c1-6-7(2)20-8(3)9(6)12-15-10(13(16)18-4)11(21-12)14(17)19-5/h1-5H3.